The molecule has 1 aliphatic carbocycles. The number of rotatable bonds is 1. The van der Waals surface area contributed by atoms with Crippen LogP contribution in [0.25, 0.3) is 0 Å². The highest BCUT2D eigenvalue weighted by atomic mass is 32.2. The first-order chi connectivity index (χ1) is 9.92. The van der Waals surface area contributed by atoms with E-state index >= 15 is 0 Å². The maximum Gasteiger partial charge on any atom is 0.248 e. The Kier molecular flexibility index (Phi) is 3.55. The Bertz CT molecular complexity index is 590. The van der Waals surface area contributed by atoms with Crippen molar-refractivity contribution in [3.63, 3.8) is 0 Å². The van der Waals surface area contributed by atoms with Gasteiger partial charge in [0.1, 0.15) is 5.54 Å². The second-order valence-corrected chi connectivity index (χ2v) is 8.10. The van der Waals surface area contributed by atoms with E-state index in [-0.39, 0.29) is 30.5 Å². The standard InChI is InChI=1S/C14H20N2O4S/c17-12-4-8-16(11-5-9-21(19,20)10-11)13(18)14(15-12)6-2-1-3-7-14/h5,9,11H,1-4,6-8,10H2,(H,15,17). The van der Waals surface area contributed by atoms with Gasteiger partial charge in [-0.15, -0.1) is 0 Å². The quantitative estimate of drug-likeness (QED) is 0.757. The molecule has 2 aliphatic heterocycles. The number of amides is 2. The van der Waals surface area contributed by atoms with Crippen LogP contribution < -0.4 is 5.32 Å². The van der Waals surface area contributed by atoms with Crippen molar-refractivity contribution in [2.24, 2.45) is 0 Å². The monoisotopic (exact) mass is 312 g/mol. The first-order valence-electron chi connectivity index (χ1n) is 7.45. The van der Waals surface area contributed by atoms with E-state index in [1.54, 1.807) is 11.0 Å². The molecule has 116 valence electrons. The second-order valence-electron chi connectivity index (χ2n) is 6.16. The molecule has 0 aromatic carbocycles. The predicted octanol–water partition coefficient (Wildman–Crippen LogP) is 0.349. The molecule has 6 nitrogen and oxygen atoms in total. The average Bonchev–Trinajstić information content (AvgIpc) is 2.74. The van der Waals surface area contributed by atoms with Gasteiger partial charge in [0, 0.05) is 18.4 Å². The number of nitrogens with one attached hydrogen (secondary N) is 1. The zero-order valence-corrected chi connectivity index (χ0v) is 12.7. The Labute approximate surface area is 124 Å². The Morgan fingerprint density at radius 3 is 2.52 bits per heavy atom. The number of nitrogens with zero attached hydrogens (tertiary/aromatic N) is 1. The van der Waals surface area contributed by atoms with Crippen LogP contribution in [0.2, 0.25) is 0 Å². The van der Waals surface area contributed by atoms with Gasteiger partial charge in [0.2, 0.25) is 11.8 Å². The first-order valence-corrected chi connectivity index (χ1v) is 9.16. The Morgan fingerprint density at radius 2 is 1.90 bits per heavy atom. The molecule has 1 unspecified atom stereocenters. The van der Waals surface area contributed by atoms with Crippen molar-refractivity contribution in [1.82, 2.24) is 10.2 Å². The zero-order chi connectivity index (χ0) is 15.1. The summed E-state index contributed by atoms with van der Waals surface area (Å²) in [5, 5.41) is 4.09. The van der Waals surface area contributed by atoms with Crippen molar-refractivity contribution in [2.45, 2.75) is 50.1 Å². The van der Waals surface area contributed by atoms with Gasteiger partial charge in [0.15, 0.2) is 9.84 Å². The summed E-state index contributed by atoms with van der Waals surface area (Å²) in [5.41, 5.74) is -0.813. The van der Waals surface area contributed by atoms with Crippen molar-refractivity contribution in [3.8, 4) is 0 Å². The van der Waals surface area contributed by atoms with Gasteiger partial charge in [-0.25, -0.2) is 8.42 Å². The summed E-state index contributed by atoms with van der Waals surface area (Å²) in [5.74, 6) is -0.291. The van der Waals surface area contributed by atoms with E-state index < -0.39 is 21.4 Å². The molecule has 0 bridgehead atoms. The largest absolute Gasteiger partial charge is 0.342 e. The fourth-order valence-electron chi connectivity index (χ4n) is 3.55. The summed E-state index contributed by atoms with van der Waals surface area (Å²) < 4.78 is 23.2. The third-order valence-corrected chi connectivity index (χ3v) is 6.03. The third-order valence-electron chi connectivity index (χ3n) is 4.65. The fraction of sp³-hybridized carbons (Fsp3) is 0.714. The summed E-state index contributed by atoms with van der Waals surface area (Å²) in [4.78, 5) is 26.5. The molecule has 7 heteroatoms. The van der Waals surface area contributed by atoms with Crippen LogP contribution in [0, 0.1) is 0 Å². The molecule has 2 fully saturated rings. The van der Waals surface area contributed by atoms with E-state index in [0.29, 0.717) is 12.8 Å². The number of carbonyl (C=O) groups is 2. The molecule has 3 rings (SSSR count). The van der Waals surface area contributed by atoms with Crippen molar-refractivity contribution in [2.75, 3.05) is 12.3 Å². The van der Waals surface area contributed by atoms with Gasteiger partial charge in [-0.05, 0) is 18.9 Å². The smallest absolute Gasteiger partial charge is 0.248 e. The van der Waals surface area contributed by atoms with Crippen LogP contribution in [0.3, 0.4) is 0 Å². The van der Waals surface area contributed by atoms with Crippen molar-refractivity contribution >= 4 is 21.7 Å². The van der Waals surface area contributed by atoms with E-state index in [0.717, 1.165) is 19.3 Å². The van der Waals surface area contributed by atoms with Crippen LogP contribution in [0.4, 0.5) is 0 Å². The van der Waals surface area contributed by atoms with Gasteiger partial charge in [-0.3, -0.25) is 9.59 Å². The van der Waals surface area contributed by atoms with E-state index in [1.165, 1.54) is 5.41 Å². The summed E-state index contributed by atoms with van der Waals surface area (Å²) in [6.07, 6.45) is 6.01. The molecule has 1 saturated heterocycles. The minimum atomic E-state index is -3.22. The van der Waals surface area contributed by atoms with Crippen molar-refractivity contribution in [1.29, 1.82) is 0 Å². The van der Waals surface area contributed by atoms with Crippen molar-refractivity contribution in [3.05, 3.63) is 11.5 Å². The molecule has 2 amide bonds. The summed E-state index contributed by atoms with van der Waals surface area (Å²) in [6.45, 7) is 0.289. The number of hydrogen-bond acceptors (Lipinski definition) is 4. The highest BCUT2D eigenvalue weighted by Crippen LogP contribution is 2.33. The van der Waals surface area contributed by atoms with Gasteiger partial charge in [0.05, 0.1) is 11.8 Å². The lowest BCUT2D eigenvalue weighted by Gasteiger charge is -2.39. The van der Waals surface area contributed by atoms with Gasteiger partial charge < -0.3 is 10.2 Å². The van der Waals surface area contributed by atoms with Gasteiger partial charge in [0.25, 0.3) is 0 Å². The van der Waals surface area contributed by atoms with Crippen LogP contribution in [0.1, 0.15) is 38.5 Å². The average molecular weight is 312 g/mol. The van der Waals surface area contributed by atoms with E-state index in [9.17, 15) is 18.0 Å². The predicted molar refractivity (Wildman–Crippen MR) is 77.0 cm³/mol. The molecule has 21 heavy (non-hydrogen) atoms. The highest BCUT2D eigenvalue weighted by molar-refractivity contribution is 7.94. The molecule has 3 aliphatic rings. The number of carbonyl (C=O) groups excluding carboxylic acids is 2. The minimum absolute atomic E-state index is 0.0665. The Balaban J connectivity index is 1.89. The molecule has 1 saturated carbocycles. The normalized spacial score (nSPS) is 31.2. The van der Waals surface area contributed by atoms with Gasteiger partial charge in [-0.2, -0.15) is 0 Å². The van der Waals surface area contributed by atoms with E-state index in [2.05, 4.69) is 5.32 Å². The zero-order valence-electron chi connectivity index (χ0n) is 11.9. The molecule has 2 heterocycles. The topological polar surface area (TPSA) is 83.6 Å². The van der Waals surface area contributed by atoms with Crippen LogP contribution >= 0.6 is 0 Å². The van der Waals surface area contributed by atoms with E-state index in [4.69, 9.17) is 0 Å². The number of sulfone groups is 1. The molecular formula is C14H20N2O4S. The maximum atomic E-state index is 12.9. The Hall–Kier alpha value is -1.37. The minimum Gasteiger partial charge on any atom is -0.342 e. The third kappa shape index (κ3) is 2.71. The van der Waals surface area contributed by atoms with Gasteiger partial charge in [-0.1, -0.05) is 19.3 Å². The molecule has 1 atom stereocenters. The second kappa shape index (κ2) is 5.12. The Morgan fingerprint density at radius 1 is 1.19 bits per heavy atom. The lowest BCUT2D eigenvalue weighted by molar-refractivity contribution is -0.141. The summed E-state index contributed by atoms with van der Waals surface area (Å²) >= 11 is 0. The molecule has 0 aromatic rings. The summed E-state index contributed by atoms with van der Waals surface area (Å²) in [6, 6.07) is -0.436. The lowest BCUT2D eigenvalue weighted by atomic mass is 9.80. The van der Waals surface area contributed by atoms with Crippen LogP contribution in [0.15, 0.2) is 11.5 Å². The van der Waals surface area contributed by atoms with Crippen LogP contribution in [-0.2, 0) is 19.4 Å². The van der Waals surface area contributed by atoms with Crippen molar-refractivity contribution < 1.29 is 18.0 Å². The molecule has 0 radical (unpaired) electrons. The lowest BCUT2D eigenvalue weighted by Crippen LogP contribution is -2.59. The maximum absolute atomic E-state index is 12.9. The molecule has 0 aromatic heterocycles. The summed E-state index contributed by atoms with van der Waals surface area (Å²) in [7, 11) is -3.22. The van der Waals surface area contributed by atoms with E-state index in [1.807, 2.05) is 0 Å². The molecular weight excluding hydrogens is 292 g/mol. The highest BCUT2D eigenvalue weighted by Gasteiger charge is 2.47. The molecule has 1 N–H and O–H groups in total. The first kappa shape index (κ1) is 14.6. The van der Waals surface area contributed by atoms with Crippen LogP contribution in [0.5, 0.6) is 0 Å². The SMILES string of the molecule is O=C1CCN(C2C=CS(=O)(=O)C2)C(=O)C2(CCCCC2)N1. The van der Waals surface area contributed by atoms with Crippen LogP contribution in [-0.4, -0.2) is 49.0 Å². The van der Waals surface area contributed by atoms with Gasteiger partial charge >= 0.3 is 0 Å². The number of hydrogen-bond donors (Lipinski definition) is 1. The fourth-order valence-corrected chi connectivity index (χ4v) is 4.84. The molecule has 1 spiro atoms.